The largest absolute Gasteiger partial charge is 0.397 e. The van der Waals surface area contributed by atoms with Gasteiger partial charge in [-0.2, -0.15) is 16.8 Å². The zero-order valence-corrected chi connectivity index (χ0v) is 18.9. The number of aliphatic hydroxyl groups excluding tert-OH is 5. The molecular weight excluding hydrogens is 518 g/mol. The van der Waals surface area contributed by atoms with Gasteiger partial charge in [-0.25, -0.2) is 8.37 Å². The minimum absolute atomic E-state index is 0.844. The number of amides is 1. The second-order valence-corrected chi connectivity index (χ2v) is 9.43. The lowest BCUT2D eigenvalue weighted by molar-refractivity contribution is -0.339. The van der Waals surface area contributed by atoms with E-state index in [4.69, 9.17) is 23.3 Å². The van der Waals surface area contributed by atoms with E-state index in [1.54, 1.807) is 0 Å². The predicted molar refractivity (Wildman–Crippen MR) is 101 cm³/mol. The molecule has 2 aliphatic heterocycles. The van der Waals surface area contributed by atoms with E-state index in [9.17, 15) is 47.2 Å². The van der Waals surface area contributed by atoms with Crippen molar-refractivity contribution < 1.29 is 78.8 Å². The van der Waals surface area contributed by atoms with Crippen LogP contribution in [0.5, 0.6) is 0 Å². The summed E-state index contributed by atoms with van der Waals surface area (Å²) in [6.45, 7) is -1.06. The standard InChI is InChI=1S/C14H25NO17S2/c1-4(17)15-7-12(32-34(25,26)27)8(18)5(2-16)30-14(7)31-11-6(3-28-33(22,23)24)29-13(21)10(20)9(11)19/h5-14,16,18-21H,2-3H2,1H3,(H,15,17)(H,22,23,24)(H,25,26,27)/t5-,6-,7-,8-,9-,10-,11-,12-,13-,14-/m1/s1. The number of hydrogen-bond donors (Lipinski definition) is 8. The molecule has 0 aromatic heterocycles. The molecule has 10 atom stereocenters. The van der Waals surface area contributed by atoms with Gasteiger partial charge in [-0.1, -0.05) is 0 Å². The average molecular weight is 543 g/mol. The number of ether oxygens (including phenoxy) is 3. The Morgan fingerprint density at radius 1 is 0.912 bits per heavy atom. The quantitative estimate of drug-likeness (QED) is 0.126. The normalized spacial score (nSPS) is 39.5. The van der Waals surface area contributed by atoms with Crippen LogP contribution in [-0.4, -0.2) is 132 Å². The van der Waals surface area contributed by atoms with Crippen LogP contribution < -0.4 is 5.32 Å². The number of carbonyl (C=O) groups excluding carboxylic acids is 1. The van der Waals surface area contributed by atoms with Gasteiger partial charge in [0.1, 0.15) is 48.8 Å². The number of aliphatic hydroxyl groups is 5. The van der Waals surface area contributed by atoms with Gasteiger partial charge in [0, 0.05) is 6.92 Å². The van der Waals surface area contributed by atoms with Crippen molar-refractivity contribution in [3.63, 3.8) is 0 Å². The molecule has 0 spiro atoms. The van der Waals surface area contributed by atoms with Crippen LogP contribution >= 0.6 is 0 Å². The Bertz CT molecular complexity index is 911. The highest BCUT2D eigenvalue weighted by atomic mass is 32.3. The molecule has 2 heterocycles. The van der Waals surface area contributed by atoms with E-state index >= 15 is 0 Å². The van der Waals surface area contributed by atoms with Gasteiger partial charge >= 0.3 is 20.8 Å². The lowest BCUT2D eigenvalue weighted by Gasteiger charge is -2.47. The van der Waals surface area contributed by atoms with Crippen LogP contribution in [0, 0.1) is 0 Å². The number of hydrogen-bond acceptors (Lipinski definition) is 15. The molecule has 34 heavy (non-hydrogen) atoms. The monoisotopic (exact) mass is 543 g/mol. The molecular formula is C14H25NO17S2. The van der Waals surface area contributed by atoms with Crippen molar-refractivity contribution in [2.75, 3.05) is 13.2 Å². The highest BCUT2D eigenvalue weighted by molar-refractivity contribution is 7.81. The number of nitrogens with one attached hydrogen (secondary N) is 1. The maximum absolute atomic E-state index is 11.7. The minimum Gasteiger partial charge on any atom is -0.394 e. The molecule has 20 heteroatoms. The Morgan fingerprint density at radius 2 is 1.53 bits per heavy atom. The van der Waals surface area contributed by atoms with E-state index in [2.05, 4.69) is 13.7 Å². The zero-order chi connectivity index (χ0) is 26.0. The molecule has 1 amide bonds. The van der Waals surface area contributed by atoms with Gasteiger partial charge in [-0.15, -0.1) is 0 Å². The lowest BCUT2D eigenvalue weighted by atomic mass is 9.95. The molecule has 0 radical (unpaired) electrons. The molecule has 0 aromatic carbocycles. The molecule has 2 rings (SSSR count). The van der Waals surface area contributed by atoms with Crippen LogP contribution in [0.3, 0.4) is 0 Å². The summed E-state index contributed by atoms with van der Waals surface area (Å²) in [5, 5.41) is 51.9. The maximum atomic E-state index is 11.7. The van der Waals surface area contributed by atoms with Gasteiger partial charge in [0.25, 0.3) is 0 Å². The van der Waals surface area contributed by atoms with Crippen LogP contribution in [0.2, 0.25) is 0 Å². The van der Waals surface area contributed by atoms with Crippen molar-refractivity contribution in [1.29, 1.82) is 0 Å². The smallest absolute Gasteiger partial charge is 0.394 e. The molecule has 2 saturated heterocycles. The van der Waals surface area contributed by atoms with Crippen LogP contribution in [0.1, 0.15) is 6.92 Å². The van der Waals surface area contributed by atoms with E-state index in [-0.39, 0.29) is 0 Å². The van der Waals surface area contributed by atoms with Gasteiger partial charge < -0.3 is 45.1 Å². The van der Waals surface area contributed by atoms with Crippen molar-refractivity contribution in [3.05, 3.63) is 0 Å². The van der Waals surface area contributed by atoms with Crippen molar-refractivity contribution in [1.82, 2.24) is 5.32 Å². The minimum atomic E-state index is -5.24. The van der Waals surface area contributed by atoms with Gasteiger partial charge in [-0.3, -0.25) is 13.9 Å². The van der Waals surface area contributed by atoms with Crippen molar-refractivity contribution in [2.45, 2.75) is 68.3 Å². The Balaban J connectivity index is 2.40. The fourth-order valence-electron chi connectivity index (χ4n) is 3.36. The molecule has 2 fully saturated rings. The molecule has 0 bridgehead atoms. The van der Waals surface area contributed by atoms with Crippen LogP contribution in [0.4, 0.5) is 0 Å². The second-order valence-electron chi connectivity index (χ2n) is 7.29. The Morgan fingerprint density at radius 3 is 2.03 bits per heavy atom. The van der Waals surface area contributed by atoms with Crippen LogP contribution in [0.25, 0.3) is 0 Å². The SMILES string of the molecule is CC(=O)N[C@H]1[C@@H](O[C@H]2[C@H](O)[C@@H](O)[C@H](O)O[C@@H]2COS(=O)(=O)O)O[C@H](CO)[C@@H](O)[C@@H]1OS(=O)(=O)O. The summed E-state index contributed by atoms with van der Waals surface area (Å²) in [6, 6.07) is -1.75. The van der Waals surface area contributed by atoms with E-state index in [0.717, 1.165) is 6.92 Å². The molecule has 200 valence electrons. The molecule has 0 aliphatic carbocycles. The summed E-state index contributed by atoms with van der Waals surface area (Å²) in [7, 11) is -10.3. The predicted octanol–water partition coefficient (Wildman–Crippen LogP) is -5.60. The molecule has 0 unspecified atom stereocenters. The third-order valence-corrected chi connectivity index (χ3v) is 5.69. The Labute approximate surface area is 192 Å². The van der Waals surface area contributed by atoms with Gasteiger partial charge in [-0.05, 0) is 0 Å². The van der Waals surface area contributed by atoms with E-state index in [1.165, 1.54) is 0 Å². The first-order valence-corrected chi connectivity index (χ1v) is 12.1. The second kappa shape index (κ2) is 11.3. The van der Waals surface area contributed by atoms with Crippen molar-refractivity contribution in [3.8, 4) is 0 Å². The molecule has 18 nitrogen and oxygen atoms in total. The highest BCUT2D eigenvalue weighted by Crippen LogP contribution is 2.30. The fraction of sp³-hybridized carbons (Fsp3) is 0.929. The first-order valence-electron chi connectivity index (χ1n) is 9.38. The van der Waals surface area contributed by atoms with Gasteiger partial charge in [0.15, 0.2) is 12.6 Å². The van der Waals surface area contributed by atoms with E-state index in [1.807, 2.05) is 0 Å². The van der Waals surface area contributed by atoms with Crippen LogP contribution in [0.15, 0.2) is 0 Å². The Kier molecular flexibility index (Phi) is 9.68. The third kappa shape index (κ3) is 7.69. The van der Waals surface area contributed by atoms with Gasteiger partial charge in [0.05, 0.1) is 13.2 Å². The number of rotatable bonds is 9. The molecule has 8 N–H and O–H groups in total. The van der Waals surface area contributed by atoms with Crippen molar-refractivity contribution in [2.24, 2.45) is 0 Å². The van der Waals surface area contributed by atoms with Gasteiger partial charge in [0.2, 0.25) is 5.91 Å². The Hall–Kier alpha value is -1.11. The average Bonchev–Trinajstić information content (AvgIpc) is 2.69. The molecule has 0 aromatic rings. The van der Waals surface area contributed by atoms with E-state index < -0.39 is 101 Å². The zero-order valence-electron chi connectivity index (χ0n) is 17.2. The summed E-state index contributed by atoms with van der Waals surface area (Å²) in [5.41, 5.74) is 0. The van der Waals surface area contributed by atoms with Crippen LogP contribution in [-0.2, 0) is 48.2 Å². The molecule has 2 aliphatic rings. The lowest BCUT2D eigenvalue weighted by Crippen LogP contribution is -2.68. The van der Waals surface area contributed by atoms with Crippen molar-refractivity contribution >= 4 is 26.7 Å². The van der Waals surface area contributed by atoms with E-state index in [0.29, 0.717) is 0 Å². The number of carbonyl (C=O) groups is 1. The molecule has 0 saturated carbocycles. The summed E-state index contributed by atoms with van der Waals surface area (Å²) < 4.78 is 86.5. The fourth-order valence-corrected chi connectivity index (χ4v) is 4.18. The summed E-state index contributed by atoms with van der Waals surface area (Å²) in [4.78, 5) is 11.7. The summed E-state index contributed by atoms with van der Waals surface area (Å²) in [5.74, 6) is -0.844. The summed E-state index contributed by atoms with van der Waals surface area (Å²) >= 11 is 0. The first-order chi connectivity index (χ1) is 15.5. The first kappa shape index (κ1) is 29.1. The maximum Gasteiger partial charge on any atom is 0.397 e. The third-order valence-electron chi connectivity index (χ3n) is 4.79. The summed E-state index contributed by atoms with van der Waals surface area (Å²) in [6.07, 6.45) is -17.2. The highest BCUT2D eigenvalue weighted by Gasteiger charge is 2.52. The topological polar surface area (TPSA) is 285 Å².